The molecule has 0 N–H and O–H groups in total. The van der Waals surface area contributed by atoms with Crippen LogP contribution in [0.25, 0.3) is 10.8 Å². The van der Waals surface area contributed by atoms with Gasteiger partial charge in [0.1, 0.15) is 12.4 Å². The number of carbonyl (C=O) groups excluding carboxylic acids is 2. The zero-order valence-electron chi connectivity index (χ0n) is 12.4. The maximum Gasteiger partial charge on any atom is 0.373 e. The van der Waals surface area contributed by atoms with Gasteiger partial charge in [0.25, 0.3) is 0 Å². The monoisotopic (exact) mass is 310 g/mol. The van der Waals surface area contributed by atoms with Gasteiger partial charge in [-0.05, 0) is 29.0 Å². The first-order valence-electron chi connectivity index (χ1n) is 7.01. The molecule has 1 heterocycles. The standard InChI is InChI=1S/C18H14O5/c1-21-18(20)16-10-9-13(23-16)11-22-17(19)15-8-4-6-12-5-2-3-7-14(12)15/h2-10H,11H2,1H3. The second-order valence-electron chi connectivity index (χ2n) is 4.86. The Morgan fingerprint density at radius 3 is 2.57 bits per heavy atom. The van der Waals surface area contributed by atoms with Gasteiger partial charge in [-0.3, -0.25) is 0 Å². The van der Waals surface area contributed by atoms with Crippen molar-refractivity contribution in [1.82, 2.24) is 0 Å². The lowest BCUT2D eigenvalue weighted by molar-refractivity contribution is 0.0440. The third-order valence-corrected chi connectivity index (χ3v) is 3.40. The molecule has 0 aliphatic heterocycles. The van der Waals surface area contributed by atoms with E-state index in [1.165, 1.54) is 13.2 Å². The Hall–Kier alpha value is -3.08. The van der Waals surface area contributed by atoms with E-state index in [-0.39, 0.29) is 12.4 Å². The fourth-order valence-electron chi connectivity index (χ4n) is 2.28. The number of rotatable bonds is 4. The van der Waals surface area contributed by atoms with E-state index in [1.807, 2.05) is 30.3 Å². The van der Waals surface area contributed by atoms with Crippen LogP contribution in [0.3, 0.4) is 0 Å². The molecule has 5 heteroatoms. The molecule has 0 aliphatic carbocycles. The second kappa shape index (κ2) is 6.36. The molecule has 3 rings (SSSR count). The highest BCUT2D eigenvalue weighted by Gasteiger charge is 2.14. The minimum Gasteiger partial charge on any atom is -0.463 e. The van der Waals surface area contributed by atoms with Gasteiger partial charge in [-0.1, -0.05) is 36.4 Å². The molecule has 0 saturated carbocycles. The van der Waals surface area contributed by atoms with Crippen LogP contribution in [-0.4, -0.2) is 19.0 Å². The van der Waals surface area contributed by atoms with Crippen molar-refractivity contribution in [3.05, 3.63) is 71.7 Å². The van der Waals surface area contributed by atoms with Gasteiger partial charge in [0, 0.05) is 0 Å². The molecular weight excluding hydrogens is 296 g/mol. The molecule has 0 aliphatic rings. The Kier molecular flexibility index (Phi) is 4.10. The Bertz CT molecular complexity index is 857. The Balaban J connectivity index is 1.74. The summed E-state index contributed by atoms with van der Waals surface area (Å²) in [5.74, 6) is -0.572. The first-order chi connectivity index (χ1) is 11.2. The van der Waals surface area contributed by atoms with Crippen molar-refractivity contribution in [2.75, 3.05) is 7.11 Å². The van der Waals surface area contributed by atoms with E-state index in [0.29, 0.717) is 11.3 Å². The van der Waals surface area contributed by atoms with Gasteiger partial charge in [0.05, 0.1) is 12.7 Å². The smallest absolute Gasteiger partial charge is 0.373 e. The number of hydrogen-bond donors (Lipinski definition) is 0. The van der Waals surface area contributed by atoms with Gasteiger partial charge >= 0.3 is 11.9 Å². The first-order valence-corrected chi connectivity index (χ1v) is 7.01. The van der Waals surface area contributed by atoms with E-state index in [0.717, 1.165) is 10.8 Å². The lowest BCUT2D eigenvalue weighted by Gasteiger charge is -2.06. The van der Waals surface area contributed by atoms with Crippen molar-refractivity contribution in [2.45, 2.75) is 6.61 Å². The fraction of sp³-hybridized carbons (Fsp3) is 0.111. The predicted molar refractivity (Wildman–Crippen MR) is 83.1 cm³/mol. The summed E-state index contributed by atoms with van der Waals surface area (Å²) in [6, 6.07) is 16.1. The van der Waals surface area contributed by atoms with E-state index in [2.05, 4.69) is 4.74 Å². The Morgan fingerprint density at radius 2 is 1.74 bits per heavy atom. The predicted octanol–water partition coefficient (Wildman–Crippen LogP) is 3.58. The Morgan fingerprint density at radius 1 is 0.957 bits per heavy atom. The molecule has 116 valence electrons. The molecule has 5 nitrogen and oxygen atoms in total. The van der Waals surface area contributed by atoms with Crippen molar-refractivity contribution in [3.63, 3.8) is 0 Å². The molecule has 0 radical (unpaired) electrons. The molecule has 23 heavy (non-hydrogen) atoms. The van der Waals surface area contributed by atoms with Gasteiger partial charge in [-0.25, -0.2) is 9.59 Å². The normalized spacial score (nSPS) is 10.5. The number of fused-ring (bicyclic) bond motifs is 1. The fourth-order valence-corrected chi connectivity index (χ4v) is 2.28. The number of methoxy groups -OCH3 is 1. The van der Waals surface area contributed by atoms with Crippen LogP contribution in [0.1, 0.15) is 26.7 Å². The van der Waals surface area contributed by atoms with Crippen molar-refractivity contribution in [2.24, 2.45) is 0 Å². The topological polar surface area (TPSA) is 65.7 Å². The highest BCUT2D eigenvalue weighted by molar-refractivity contribution is 6.04. The van der Waals surface area contributed by atoms with E-state index in [1.54, 1.807) is 18.2 Å². The number of furan rings is 1. The van der Waals surface area contributed by atoms with Crippen molar-refractivity contribution < 1.29 is 23.5 Å². The minimum atomic E-state index is -0.573. The molecule has 0 unspecified atom stereocenters. The molecule has 0 atom stereocenters. The number of carbonyl (C=O) groups is 2. The van der Waals surface area contributed by atoms with Crippen LogP contribution in [0.4, 0.5) is 0 Å². The minimum absolute atomic E-state index is 0.0565. The molecule has 0 amide bonds. The van der Waals surface area contributed by atoms with Crippen LogP contribution in [0.5, 0.6) is 0 Å². The van der Waals surface area contributed by atoms with Crippen LogP contribution in [0.2, 0.25) is 0 Å². The van der Waals surface area contributed by atoms with E-state index in [4.69, 9.17) is 9.15 Å². The molecule has 0 saturated heterocycles. The van der Waals surface area contributed by atoms with Crippen LogP contribution >= 0.6 is 0 Å². The number of ether oxygens (including phenoxy) is 2. The van der Waals surface area contributed by atoms with E-state index in [9.17, 15) is 9.59 Å². The van der Waals surface area contributed by atoms with Crippen molar-refractivity contribution >= 4 is 22.7 Å². The van der Waals surface area contributed by atoms with Gasteiger partial charge in [0.15, 0.2) is 0 Å². The van der Waals surface area contributed by atoms with Gasteiger partial charge in [-0.15, -0.1) is 0 Å². The van der Waals surface area contributed by atoms with Crippen molar-refractivity contribution in [3.8, 4) is 0 Å². The third-order valence-electron chi connectivity index (χ3n) is 3.40. The zero-order chi connectivity index (χ0) is 16.2. The molecule has 2 aromatic carbocycles. The molecular formula is C18H14O5. The average Bonchev–Trinajstić information content (AvgIpc) is 3.07. The summed E-state index contributed by atoms with van der Waals surface area (Å²) in [7, 11) is 1.27. The lowest BCUT2D eigenvalue weighted by atomic mass is 10.1. The molecule has 3 aromatic rings. The molecule has 0 spiro atoms. The average molecular weight is 310 g/mol. The van der Waals surface area contributed by atoms with Crippen LogP contribution in [0.15, 0.2) is 59.0 Å². The molecule has 0 bridgehead atoms. The van der Waals surface area contributed by atoms with E-state index < -0.39 is 11.9 Å². The largest absolute Gasteiger partial charge is 0.463 e. The summed E-state index contributed by atoms with van der Waals surface area (Å²) in [5.41, 5.74) is 0.489. The van der Waals surface area contributed by atoms with E-state index >= 15 is 0 Å². The lowest BCUT2D eigenvalue weighted by Crippen LogP contribution is -2.05. The van der Waals surface area contributed by atoms with Gasteiger partial charge in [-0.2, -0.15) is 0 Å². The summed E-state index contributed by atoms with van der Waals surface area (Å²) in [6.07, 6.45) is 0. The maximum absolute atomic E-state index is 12.3. The molecule has 0 fully saturated rings. The number of benzene rings is 2. The third kappa shape index (κ3) is 3.08. The summed E-state index contributed by atoms with van der Waals surface area (Å²) in [6.45, 7) is -0.0565. The quantitative estimate of drug-likeness (QED) is 0.689. The highest BCUT2D eigenvalue weighted by atomic mass is 16.5. The van der Waals surface area contributed by atoms with Crippen LogP contribution < -0.4 is 0 Å². The second-order valence-corrected chi connectivity index (χ2v) is 4.86. The van der Waals surface area contributed by atoms with Gasteiger partial charge in [0.2, 0.25) is 5.76 Å². The summed E-state index contributed by atoms with van der Waals surface area (Å²) in [4.78, 5) is 23.6. The summed E-state index contributed by atoms with van der Waals surface area (Å²) in [5, 5.41) is 1.79. The number of esters is 2. The zero-order valence-corrected chi connectivity index (χ0v) is 12.4. The molecule has 1 aromatic heterocycles. The van der Waals surface area contributed by atoms with Crippen LogP contribution in [-0.2, 0) is 16.1 Å². The Labute approximate surface area is 132 Å². The van der Waals surface area contributed by atoms with Gasteiger partial charge < -0.3 is 13.9 Å². The highest BCUT2D eigenvalue weighted by Crippen LogP contribution is 2.20. The SMILES string of the molecule is COC(=O)c1ccc(COC(=O)c2cccc3ccccc23)o1. The first kappa shape index (κ1) is 14.8. The van der Waals surface area contributed by atoms with Crippen LogP contribution in [0, 0.1) is 0 Å². The maximum atomic E-state index is 12.3. The van der Waals surface area contributed by atoms with Crippen molar-refractivity contribution in [1.29, 1.82) is 0 Å². The summed E-state index contributed by atoms with van der Waals surface area (Å²) >= 11 is 0. The number of hydrogen-bond acceptors (Lipinski definition) is 5. The summed E-state index contributed by atoms with van der Waals surface area (Å²) < 4.78 is 15.1.